The molecule has 3 rings (SSSR count). The van der Waals surface area contributed by atoms with Crippen molar-refractivity contribution in [3.05, 3.63) is 66.2 Å². The van der Waals surface area contributed by atoms with Crippen LogP contribution in [-0.2, 0) is 6.54 Å². The van der Waals surface area contributed by atoms with Crippen LogP contribution in [-0.4, -0.2) is 40.0 Å². The molecule has 1 heterocycles. The smallest absolute Gasteiger partial charge is 0.295 e. The molecule has 8 nitrogen and oxygen atoms in total. The number of nitrogens with zero attached hydrogens (tertiary/aromatic N) is 3. The van der Waals surface area contributed by atoms with E-state index in [9.17, 15) is 9.90 Å². The fourth-order valence-electron chi connectivity index (χ4n) is 2.46. The van der Waals surface area contributed by atoms with E-state index >= 15 is 0 Å². The van der Waals surface area contributed by atoms with Gasteiger partial charge in [0.15, 0.2) is 0 Å². The number of aliphatic hydroxyl groups excluding tert-OH is 1. The molecule has 1 amide bonds. The van der Waals surface area contributed by atoms with E-state index in [1.807, 2.05) is 0 Å². The van der Waals surface area contributed by atoms with Crippen molar-refractivity contribution in [2.45, 2.75) is 12.6 Å². The van der Waals surface area contributed by atoms with Gasteiger partial charge in [0.05, 0.1) is 26.9 Å². The van der Waals surface area contributed by atoms with Crippen molar-refractivity contribution in [2.24, 2.45) is 0 Å². The van der Waals surface area contributed by atoms with Crippen molar-refractivity contribution < 1.29 is 19.4 Å². The molecule has 1 aromatic heterocycles. The Kier molecular flexibility index (Phi) is 5.68. The standard InChI is InChI=1S/C19H20N4O4/c1-26-15-7-3-13(4-8-15)17(24)11-23-12-20-18(22-23)19(25)21-14-5-9-16(27-2)10-6-14/h3-10,12,17,24H,11H2,1-2H3,(H,21,25)/t17-/m0/s1. The number of rotatable bonds is 7. The minimum absolute atomic E-state index is 0.0211. The highest BCUT2D eigenvalue weighted by molar-refractivity contribution is 6.01. The Morgan fingerprint density at radius 3 is 2.26 bits per heavy atom. The van der Waals surface area contributed by atoms with E-state index < -0.39 is 12.0 Å². The number of anilines is 1. The maximum atomic E-state index is 12.3. The number of nitrogens with one attached hydrogen (secondary N) is 1. The van der Waals surface area contributed by atoms with E-state index in [4.69, 9.17) is 9.47 Å². The molecule has 0 saturated carbocycles. The summed E-state index contributed by atoms with van der Waals surface area (Å²) in [5.74, 6) is 0.998. The highest BCUT2D eigenvalue weighted by Gasteiger charge is 2.14. The molecule has 0 aliphatic carbocycles. The Morgan fingerprint density at radius 2 is 1.67 bits per heavy atom. The summed E-state index contributed by atoms with van der Waals surface area (Å²) in [4.78, 5) is 16.3. The third kappa shape index (κ3) is 4.62. The van der Waals surface area contributed by atoms with E-state index in [-0.39, 0.29) is 12.4 Å². The number of carbonyl (C=O) groups is 1. The first-order valence-electron chi connectivity index (χ1n) is 8.26. The summed E-state index contributed by atoms with van der Waals surface area (Å²) in [7, 11) is 3.16. The van der Waals surface area contributed by atoms with Crippen LogP contribution < -0.4 is 14.8 Å². The van der Waals surface area contributed by atoms with Crippen LogP contribution in [0.3, 0.4) is 0 Å². The number of benzene rings is 2. The first kappa shape index (κ1) is 18.4. The molecular weight excluding hydrogens is 348 g/mol. The molecule has 0 aliphatic rings. The molecule has 3 aromatic rings. The largest absolute Gasteiger partial charge is 0.497 e. The number of hydrogen-bond donors (Lipinski definition) is 2. The molecule has 140 valence electrons. The van der Waals surface area contributed by atoms with Gasteiger partial charge in [0.1, 0.15) is 17.8 Å². The average Bonchev–Trinajstić information content (AvgIpc) is 3.17. The molecule has 1 atom stereocenters. The summed E-state index contributed by atoms with van der Waals surface area (Å²) in [6.07, 6.45) is 0.630. The summed E-state index contributed by atoms with van der Waals surface area (Å²) < 4.78 is 11.6. The normalized spacial score (nSPS) is 11.7. The number of amides is 1. The van der Waals surface area contributed by atoms with Gasteiger partial charge in [0, 0.05) is 5.69 Å². The maximum absolute atomic E-state index is 12.3. The van der Waals surface area contributed by atoms with Crippen molar-refractivity contribution >= 4 is 11.6 Å². The molecular formula is C19H20N4O4. The monoisotopic (exact) mass is 368 g/mol. The predicted molar refractivity (Wildman–Crippen MR) is 98.9 cm³/mol. The lowest BCUT2D eigenvalue weighted by molar-refractivity contribution is 0.101. The molecule has 0 fully saturated rings. The van der Waals surface area contributed by atoms with Crippen molar-refractivity contribution in [1.82, 2.24) is 14.8 Å². The Labute approximate surface area is 156 Å². The Morgan fingerprint density at radius 1 is 1.07 bits per heavy atom. The summed E-state index contributed by atoms with van der Waals surface area (Å²) in [5, 5.41) is 17.2. The number of aromatic nitrogens is 3. The van der Waals surface area contributed by atoms with Crippen LogP contribution in [0, 0.1) is 0 Å². The summed E-state index contributed by atoms with van der Waals surface area (Å²) in [6, 6.07) is 14.0. The van der Waals surface area contributed by atoms with E-state index in [0.29, 0.717) is 17.2 Å². The highest BCUT2D eigenvalue weighted by Crippen LogP contribution is 2.19. The van der Waals surface area contributed by atoms with Crippen LogP contribution >= 0.6 is 0 Å². The van der Waals surface area contributed by atoms with Crippen LogP contribution in [0.1, 0.15) is 22.3 Å². The second kappa shape index (κ2) is 8.33. The van der Waals surface area contributed by atoms with Gasteiger partial charge in [-0.1, -0.05) is 12.1 Å². The highest BCUT2D eigenvalue weighted by atomic mass is 16.5. The van der Waals surface area contributed by atoms with Gasteiger partial charge in [0.25, 0.3) is 5.91 Å². The van der Waals surface area contributed by atoms with Gasteiger partial charge in [-0.05, 0) is 42.0 Å². The first-order chi connectivity index (χ1) is 13.1. The number of carbonyl (C=O) groups excluding carboxylic acids is 1. The topological polar surface area (TPSA) is 98.5 Å². The van der Waals surface area contributed by atoms with Crippen molar-refractivity contribution in [3.8, 4) is 11.5 Å². The van der Waals surface area contributed by atoms with Gasteiger partial charge >= 0.3 is 0 Å². The fourth-order valence-corrected chi connectivity index (χ4v) is 2.46. The third-order valence-electron chi connectivity index (χ3n) is 3.95. The number of hydrogen-bond acceptors (Lipinski definition) is 6. The molecule has 0 unspecified atom stereocenters. The molecule has 0 saturated heterocycles. The van der Waals surface area contributed by atoms with Crippen LogP contribution in [0.4, 0.5) is 5.69 Å². The van der Waals surface area contributed by atoms with Crippen LogP contribution in [0.15, 0.2) is 54.9 Å². The van der Waals surface area contributed by atoms with Crippen molar-refractivity contribution in [1.29, 1.82) is 0 Å². The molecule has 0 spiro atoms. The fraction of sp³-hybridized carbons (Fsp3) is 0.211. The second-order valence-corrected chi connectivity index (χ2v) is 5.76. The minimum Gasteiger partial charge on any atom is -0.497 e. The SMILES string of the molecule is COc1ccc(NC(=O)c2ncn(C[C@H](O)c3ccc(OC)cc3)n2)cc1. The maximum Gasteiger partial charge on any atom is 0.295 e. The van der Waals surface area contributed by atoms with Crippen molar-refractivity contribution in [3.63, 3.8) is 0 Å². The van der Waals surface area contributed by atoms with Crippen LogP contribution in [0.2, 0.25) is 0 Å². The van der Waals surface area contributed by atoms with E-state index in [1.165, 1.54) is 11.0 Å². The number of ether oxygens (including phenoxy) is 2. The van der Waals surface area contributed by atoms with Crippen molar-refractivity contribution in [2.75, 3.05) is 19.5 Å². The van der Waals surface area contributed by atoms with Gasteiger partial charge in [-0.15, -0.1) is 5.10 Å². The summed E-state index contributed by atoms with van der Waals surface area (Å²) in [5.41, 5.74) is 1.32. The first-order valence-corrected chi connectivity index (χ1v) is 8.26. The van der Waals surface area contributed by atoms with E-state index in [0.717, 1.165) is 5.56 Å². The molecule has 2 aromatic carbocycles. The third-order valence-corrected chi connectivity index (χ3v) is 3.95. The van der Waals surface area contributed by atoms with Crippen LogP contribution in [0.5, 0.6) is 11.5 Å². The zero-order valence-electron chi connectivity index (χ0n) is 15.0. The zero-order chi connectivity index (χ0) is 19.2. The quantitative estimate of drug-likeness (QED) is 0.664. The summed E-state index contributed by atoms with van der Waals surface area (Å²) >= 11 is 0. The lowest BCUT2D eigenvalue weighted by Crippen LogP contribution is -2.15. The van der Waals surface area contributed by atoms with E-state index in [2.05, 4.69) is 15.4 Å². The van der Waals surface area contributed by atoms with Gasteiger partial charge in [0.2, 0.25) is 5.82 Å². The van der Waals surface area contributed by atoms with Gasteiger partial charge < -0.3 is 19.9 Å². The van der Waals surface area contributed by atoms with E-state index in [1.54, 1.807) is 62.8 Å². The second-order valence-electron chi connectivity index (χ2n) is 5.76. The predicted octanol–water partition coefficient (Wildman–Crippen LogP) is 2.28. The lowest BCUT2D eigenvalue weighted by atomic mass is 10.1. The molecule has 0 aliphatic heterocycles. The summed E-state index contributed by atoms with van der Waals surface area (Å²) in [6.45, 7) is 0.176. The molecule has 0 radical (unpaired) electrons. The number of methoxy groups -OCH3 is 2. The number of aliphatic hydroxyl groups is 1. The lowest BCUT2D eigenvalue weighted by Gasteiger charge is -2.11. The zero-order valence-corrected chi connectivity index (χ0v) is 15.0. The van der Waals surface area contributed by atoms with Gasteiger partial charge in [-0.2, -0.15) is 0 Å². The molecule has 27 heavy (non-hydrogen) atoms. The molecule has 0 bridgehead atoms. The van der Waals surface area contributed by atoms with Crippen LogP contribution in [0.25, 0.3) is 0 Å². The average molecular weight is 368 g/mol. The Balaban J connectivity index is 1.61. The van der Waals surface area contributed by atoms with Gasteiger partial charge in [-0.25, -0.2) is 9.67 Å². The van der Waals surface area contributed by atoms with Gasteiger partial charge in [-0.3, -0.25) is 4.79 Å². The Bertz CT molecular complexity index is 891. The molecule has 8 heteroatoms. The minimum atomic E-state index is -0.782. The Hall–Kier alpha value is -3.39. The molecule has 2 N–H and O–H groups in total.